The summed E-state index contributed by atoms with van der Waals surface area (Å²) in [4.78, 5) is 25.7. The van der Waals surface area contributed by atoms with Crippen molar-refractivity contribution in [2.45, 2.75) is 39.8 Å². The zero-order valence-electron chi connectivity index (χ0n) is 15.0. The van der Waals surface area contributed by atoms with E-state index in [1.54, 1.807) is 44.3 Å². The van der Waals surface area contributed by atoms with Gasteiger partial charge in [0, 0.05) is 30.4 Å². The number of benzene rings is 1. The van der Waals surface area contributed by atoms with Crippen molar-refractivity contribution in [2.75, 3.05) is 12.4 Å². The van der Waals surface area contributed by atoms with Crippen molar-refractivity contribution >= 4 is 17.6 Å². The minimum Gasteiger partial charge on any atom is -0.361 e. The third-order valence-corrected chi connectivity index (χ3v) is 3.81. The quantitative estimate of drug-likeness (QED) is 0.842. The molecular weight excluding hydrogens is 320 g/mol. The number of hydrogen-bond acceptors (Lipinski definition) is 4. The summed E-state index contributed by atoms with van der Waals surface area (Å²) in [6, 6.07) is 8.43. The van der Waals surface area contributed by atoms with Crippen LogP contribution in [0.4, 0.5) is 10.5 Å². The van der Waals surface area contributed by atoms with Crippen molar-refractivity contribution in [3.05, 3.63) is 47.3 Å². The molecule has 0 bridgehead atoms. The molecule has 0 radical (unpaired) electrons. The lowest BCUT2D eigenvalue weighted by molar-refractivity contribution is 0.0939. The zero-order valence-corrected chi connectivity index (χ0v) is 15.0. The number of hydrogen-bond donors (Lipinski definition) is 2. The molecule has 2 rings (SSSR count). The lowest BCUT2D eigenvalue weighted by atomic mass is 10.1. The topological polar surface area (TPSA) is 87.5 Å². The van der Waals surface area contributed by atoms with Crippen LogP contribution >= 0.6 is 0 Å². The third-order valence-electron chi connectivity index (χ3n) is 3.81. The standard InChI is InChI=1S/C18H24N4O3/c1-5-12(2)19-17(23)14-6-8-15(9-7-14)20-18(24)22(4)11-16-10-13(3)25-21-16/h6-10,12H,5,11H2,1-4H3,(H,19,23)(H,20,24). The summed E-state index contributed by atoms with van der Waals surface area (Å²) in [5.41, 5.74) is 1.87. The van der Waals surface area contributed by atoms with Crippen LogP contribution in [-0.2, 0) is 6.54 Å². The number of amides is 3. The first-order valence-electron chi connectivity index (χ1n) is 8.24. The molecule has 1 atom stereocenters. The largest absolute Gasteiger partial charge is 0.361 e. The van der Waals surface area contributed by atoms with Gasteiger partial charge in [0.25, 0.3) is 5.91 Å². The summed E-state index contributed by atoms with van der Waals surface area (Å²) in [6.45, 7) is 6.12. The Morgan fingerprint density at radius 3 is 2.52 bits per heavy atom. The van der Waals surface area contributed by atoms with Crippen LogP contribution in [0, 0.1) is 6.92 Å². The van der Waals surface area contributed by atoms with Gasteiger partial charge in [0.15, 0.2) is 0 Å². The number of carbonyl (C=O) groups excluding carboxylic acids is 2. The minimum atomic E-state index is -0.266. The molecule has 7 nitrogen and oxygen atoms in total. The van der Waals surface area contributed by atoms with Crippen LogP contribution in [0.15, 0.2) is 34.9 Å². The van der Waals surface area contributed by atoms with E-state index in [0.717, 1.165) is 6.42 Å². The zero-order chi connectivity index (χ0) is 18.4. The van der Waals surface area contributed by atoms with E-state index < -0.39 is 0 Å². The second kappa shape index (κ2) is 8.32. The average Bonchev–Trinajstić information content (AvgIpc) is 3.00. The van der Waals surface area contributed by atoms with E-state index in [0.29, 0.717) is 29.2 Å². The molecule has 2 N–H and O–H groups in total. The Kier molecular flexibility index (Phi) is 6.16. The third kappa shape index (κ3) is 5.34. The smallest absolute Gasteiger partial charge is 0.321 e. The Labute approximate surface area is 147 Å². The maximum Gasteiger partial charge on any atom is 0.321 e. The van der Waals surface area contributed by atoms with Gasteiger partial charge in [-0.15, -0.1) is 0 Å². The van der Waals surface area contributed by atoms with Gasteiger partial charge in [0.05, 0.1) is 6.54 Å². The predicted octanol–water partition coefficient (Wildman–Crippen LogP) is 3.18. The maximum absolute atomic E-state index is 12.2. The molecule has 7 heteroatoms. The number of rotatable bonds is 6. The Morgan fingerprint density at radius 1 is 1.28 bits per heavy atom. The fraction of sp³-hybridized carbons (Fsp3) is 0.389. The summed E-state index contributed by atoms with van der Waals surface area (Å²) >= 11 is 0. The lowest BCUT2D eigenvalue weighted by Crippen LogP contribution is -2.32. The molecule has 0 spiro atoms. The number of nitrogens with one attached hydrogen (secondary N) is 2. The summed E-state index contributed by atoms with van der Waals surface area (Å²) in [5, 5.41) is 9.55. The Morgan fingerprint density at radius 2 is 1.96 bits per heavy atom. The number of carbonyl (C=O) groups is 2. The van der Waals surface area contributed by atoms with Gasteiger partial charge in [-0.25, -0.2) is 4.79 Å². The molecular formula is C18H24N4O3. The van der Waals surface area contributed by atoms with E-state index in [4.69, 9.17) is 4.52 Å². The molecule has 1 unspecified atom stereocenters. The lowest BCUT2D eigenvalue weighted by Gasteiger charge is -2.17. The van der Waals surface area contributed by atoms with Gasteiger partial charge in [-0.2, -0.15) is 0 Å². The molecule has 0 saturated heterocycles. The van der Waals surface area contributed by atoms with Crippen molar-refractivity contribution in [2.24, 2.45) is 0 Å². The highest BCUT2D eigenvalue weighted by atomic mass is 16.5. The first kappa shape index (κ1) is 18.5. The van der Waals surface area contributed by atoms with Crippen LogP contribution in [-0.4, -0.2) is 35.1 Å². The summed E-state index contributed by atoms with van der Waals surface area (Å²) in [6.07, 6.45) is 0.872. The van der Waals surface area contributed by atoms with E-state index in [2.05, 4.69) is 15.8 Å². The van der Waals surface area contributed by atoms with Gasteiger partial charge in [-0.3, -0.25) is 4.79 Å². The van der Waals surface area contributed by atoms with Gasteiger partial charge >= 0.3 is 6.03 Å². The van der Waals surface area contributed by atoms with Crippen molar-refractivity contribution in [1.82, 2.24) is 15.4 Å². The Hall–Kier alpha value is -2.83. The highest BCUT2D eigenvalue weighted by molar-refractivity contribution is 5.95. The number of aryl methyl sites for hydroxylation is 1. The van der Waals surface area contributed by atoms with E-state index in [1.807, 2.05) is 13.8 Å². The van der Waals surface area contributed by atoms with Crippen molar-refractivity contribution in [3.8, 4) is 0 Å². The summed E-state index contributed by atoms with van der Waals surface area (Å²) < 4.78 is 4.99. The van der Waals surface area contributed by atoms with Crippen molar-refractivity contribution < 1.29 is 14.1 Å². The molecule has 0 aliphatic rings. The van der Waals surface area contributed by atoms with Gasteiger partial charge < -0.3 is 20.1 Å². The molecule has 1 aromatic heterocycles. The molecule has 0 aliphatic heterocycles. The number of aromatic nitrogens is 1. The molecule has 1 aromatic carbocycles. The molecule has 0 aliphatic carbocycles. The normalized spacial score (nSPS) is 11.7. The average molecular weight is 344 g/mol. The van der Waals surface area contributed by atoms with E-state index >= 15 is 0 Å². The van der Waals surface area contributed by atoms with Crippen molar-refractivity contribution in [3.63, 3.8) is 0 Å². The van der Waals surface area contributed by atoms with Crippen LogP contribution < -0.4 is 10.6 Å². The van der Waals surface area contributed by atoms with E-state index in [1.165, 1.54) is 4.90 Å². The fourth-order valence-corrected chi connectivity index (χ4v) is 2.14. The monoisotopic (exact) mass is 344 g/mol. The minimum absolute atomic E-state index is 0.120. The molecule has 3 amide bonds. The van der Waals surface area contributed by atoms with Gasteiger partial charge in [-0.1, -0.05) is 12.1 Å². The van der Waals surface area contributed by atoms with Crippen LogP contribution in [0.25, 0.3) is 0 Å². The van der Waals surface area contributed by atoms with Crippen molar-refractivity contribution in [1.29, 1.82) is 0 Å². The van der Waals surface area contributed by atoms with Gasteiger partial charge in [-0.05, 0) is 44.5 Å². The predicted molar refractivity (Wildman–Crippen MR) is 95.4 cm³/mol. The summed E-state index contributed by atoms with van der Waals surface area (Å²) in [7, 11) is 1.67. The van der Waals surface area contributed by atoms with Crippen LogP contribution in [0.5, 0.6) is 0 Å². The highest BCUT2D eigenvalue weighted by Crippen LogP contribution is 2.12. The second-order valence-corrected chi connectivity index (χ2v) is 6.08. The van der Waals surface area contributed by atoms with Gasteiger partial charge in [0.1, 0.15) is 11.5 Å². The van der Waals surface area contributed by atoms with E-state index in [-0.39, 0.29) is 18.0 Å². The molecule has 0 fully saturated rings. The number of urea groups is 1. The number of nitrogens with zero attached hydrogens (tertiary/aromatic N) is 2. The maximum atomic E-state index is 12.2. The molecule has 1 heterocycles. The van der Waals surface area contributed by atoms with Crippen LogP contribution in [0.2, 0.25) is 0 Å². The van der Waals surface area contributed by atoms with E-state index in [9.17, 15) is 9.59 Å². The highest BCUT2D eigenvalue weighted by Gasteiger charge is 2.13. The van der Waals surface area contributed by atoms with Gasteiger partial charge in [0.2, 0.25) is 0 Å². The SMILES string of the molecule is CCC(C)NC(=O)c1ccc(NC(=O)N(C)Cc2cc(C)on2)cc1. The van der Waals surface area contributed by atoms with Crippen LogP contribution in [0.3, 0.4) is 0 Å². The number of anilines is 1. The summed E-state index contributed by atoms with van der Waals surface area (Å²) in [5.74, 6) is 0.584. The Balaban J connectivity index is 1.91. The Bertz CT molecular complexity index is 724. The first-order valence-corrected chi connectivity index (χ1v) is 8.24. The molecule has 134 valence electrons. The first-order chi connectivity index (χ1) is 11.9. The molecule has 2 aromatic rings. The second-order valence-electron chi connectivity index (χ2n) is 6.08. The molecule has 25 heavy (non-hydrogen) atoms. The molecule has 0 saturated carbocycles. The fourth-order valence-electron chi connectivity index (χ4n) is 2.14. The van der Waals surface area contributed by atoms with Crippen LogP contribution in [0.1, 0.15) is 42.1 Å².